The summed E-state index contributed by atoms with van der Waals surface area (Å²) < 4.78 is 6.80. The van der Waals surface area contributed by atoms with Crippen LogP contribution in [0.1, 0.15) is 24.0 Å². The molecule has 3 aromatic rings. The van der Waals surface area contributed by atoms with Crippen LogP contribution in [0.4, 0.5) is 4.79 Å². The lowest BCUT2D eigenvalue weighted by Crippen LogP contribution is -2.40. The van der Waals surface area contributed by atoms with E-state index in [-0.39, 0.29) is 12.5 Å². The Morgan fingerprint density at radius 2 is 1.80 bits per heavy atom. The SMILES string of the molecule is O=C(CN1C(=O)S/C(=C/c2ccc(OCc3cccc4ccccc34)c(Br)c2)C1=O)N1CCCC1. The van der Waals surface area contributed by atoms with Gasteiger partial charge in [0.05, 0.1) is 9.38 Å². The van der Waals surface area contributed by atoms with Gasteiger partial charge >= 0.3 is 0 Å². The van der Waals surface area contributed by atoms with Gasteiger partial charge in [-0.2, -0.15) is 0 Å². The molecule has 8 heteroatoms. The Bertz CT molecular complexity index is 1340. The van der Waals surface area contributed by atoms with E-state index in [9.17, 15) is 14.4 Å². The second kappa shape index (κ2) is 10.3. The van der Waals surface area contributed by atoms with E-state index in [1.165, 1.54) is 5.39 Å². The first-order chi connectivity index (χ1) is 17.0. The van der Waals surface area contributed by atoms with Gasteiger partial charge in [-0.15, -0.1) is 0 Å². The molecule has 0 radical (unpaired) electrons. The molecule has 0 atom stereocenters. The third-order valence-electron chi connectivity index (χ3n) is 6.14. The van der Waals surface area contributed by atoms with E-state index in [0.29, 0.717) is 30.4 Å². The van der Waals surface area contributed by atoms with Gasteiger partial charge in [-0.05, 0) is 80.6 Å². The van der Waals surface area contributed by atoms with Crippen LogP contribution in [0.2, 0.25) is 0 Å². The van der Waals surface area contributed by atoms with E-state index in [1.54, 1.807) is 11.0 Å². The predicted molar refractivity (Wildman–Crippen MR) is 141 cm³/mol. The number of nitrogens with zero attached hydrogens (tertiary/aromatic N) is 2. The highest BCUT2D eigenvalue weighted by Gasteiger charge is 2.37. The third kappa shape index (κ3) is 5.13. The summed E-state index contributed by atoms with van der Waals surface area (Å²) in [7, 11) is 0. The Morgan fingerprint density at radius 3 is 2.60 bits per heavy atom. The number of carbonyl (C=O) groups is 3. The number of amides is 3. The molecule has 3 amide bonds. The van der Waals surface area contributed by atoms with E-state index in [1.807, 2.05) is 36.4 Å². The number of hydrogen-bond acceptors (Lipinski definition) is 5. The van der Waals surface area contributed by atoms with Crippen molar-refractivity contribution in [3.63, 3.8) is 0 Å². The number of hydrogen-bond donors (Lipinski definition) is 0. The molecule has 2 aliphatic rings. The van der Waals surface area contributed by atoms with Crippen LogP contribution in [0.15, 0.2) is 70.0 Å². The largest absolute Gasteiger partial charge is 0.488 e. The van der Waals surface area contributed by atoms with Crippen molar-refractivity contribution in [2.24, 2.45) is 0 Å². The number of likely N-dealkylation sites (tertiary alicyclic amines) is 1. The molecule has 0 aromatic heterocycles. The van der Waals surface area contributed by atoms with Gasteiger partial charge in [0.1, 0.15) is 18.9 Å². The summed E-state index contributed by atoms with van der Waals surface area (Å²) in [5, 5.41) is 1.91. The van der Waals surface area contributed by atoms with Gasteiger partial charge in [-0.1, -0.05) is 48.5 Å². The van der Waals surface area contributed by atoms with Gasteiger partial charge in [-0.3, -0.25) is 19.3 Å². The fourth-order valence-corrected chi connectivity index (χ4v) is 5.64. The van der Waals surface area contributed by atoms with Crippen molar-refractivity contribution < 1.29 is 19.1 Å². The molecule has 0 saturated carbocycles. The first-order valence-corrected chi connectivity index (χ1v) is 13.0. The summed E-state index contributed by atoms with van der Waals surface area (Å²) in [5.74, 6) is 0.0702. The van der Waals surface area contributed by atoms with Gasteiger partial charge in [0, 0.05) is 13.1 Å². The third-order valence-corrected chi connectivity index (χ3v) is 7.67. The van der Waals surface area contributed by atoms with E-state index >= 15 is 0 Å². The molecule has 5 rings (SSSR count). The molecular weight excluding hydrogens is 528 g/mol. The van der Waals surface area contributed by atoms with Crippen molar-refractivity contribution in [3.05, 3.63) is 81.2 Å². The molecule has 3 aromatic carbocycles. The molecule has 2 fully saturated rings. The van der Waals surface area contributed by atoms with Crippen molar-refractivity contribution in [2.75, 3.05) is 19.6 Å². The second-order valence-electron chi connectivity index (χ2n) is 8.47. The summed E-state index contributed by atoms with van der Waals surface area (Å²) in [6.07, 6.45) is 3.60. The highest BCUT2D eigenvalue weighted by atomic mass is 79.9. The summed E-state index contributed by atoms with van der Waals surface area (Å²) >= 11 is 4.42. The predicted octanol–water partition coefficient (Wildman–Crippen LogP) is 5.84. The Balaban J connectivity index is 1.26. The highest BCUT2D eigenvalue weighted by molar-refractivity contribution is 9.10. The van der Waals surface area contributed by atoms with Crippen molar-refractivity contribution in [3.8, 4) is 5.75 Å². The number of rotatable bonds is 6. The standard InChI is InChI=1S/C27H23BrN2O4S/c28-22-14-18(10-11-23(22)34-17-20-8-5-7-19-6-1-2-9-21(19)20)15-24-26(32)30(27(33)35-24)16-25(31)29-12-3-4-13-29/h1-2,5-11,14-15H,3-4,12-13,16-17H2/b24-15+. The molecule has 6 nitrogen and oxygen atoms in total. The van der Waals surface area contributed by atoms with E-state index < -0.39 is 11.1 Å². The first kappa shape index (κ1) is 23.6. The minimum atomic E-state index is -0.431. The zero-order chi connectivity index (χ0) is 24.4. The molecule has 0 spiro atoms. The Morgan fingerprint density at radius 1 is 1.03 bits per heavy atom. The fourth-order valence-electron chi connectivity index (χ4n) is 4.29. The molecule has 2 heterocycles. The fraction of sp³-hybridized carbons (Fsp3) is 0.222. The van der Waals surface area contributed by atoms with Crippen LogP contribution >= 0.6 is 27.7 Å². The second-order valence-corrected chi connectivity index (χ2v) is 10.3. The Kier molecular flexibility index (Phi) is 6.92. The Hall–Kier alpha value is -3.10. The summed E-state index contributed by atoms with van der Waals surface area (Å²) in [6, 6.07) is 19.9. The van der Waals surface area contributed by atoms with Crippen LogP contribution in [0.5, 0.6) is 5.75 Å². The molecule has 0 N–H and O–H groups in total. The lowest BCUT2D eigenvalue weighted by Gasteiger charge is -2.18. The number of imide groups is 1. The van der Waals surface area contributed by atoms with Crippen LogP contribution in [0.3, 0.4) is 0 Å². The van der Waals surface area contributed by atoms with Gasteiger partial charge in [0.15, 0.2) is 0 Å². The van der Waals surface area contributed by atoms with Crippen molar-refractivity contribution >= 4 is 61.6 Å². The van der Waals surface area contributed by atoms with E-state index in [4.69, 9.17) is 4.74 Å². The maximum absolute atomic E-state index is 12.8. The molecule has 0 aliphatic carbocycles. The van der Waals surface area contributed by atoms with Crippen molar-refractivity contribution in [1.82, 2.24) is 9.80 Å². The summed E-state index contributed by atoms with van der Waals surface area (Å²) in [5.41, 5.74) is 1.85. The van der Waals surface area contributed by atoms with E-state index in [2.05, 4.69) is 40.2 Å². The molecule has 35 heavy (non-hydrogen) atoms. The number of ether oxygens (including phenoxy) is 1. The van der Waals surface area contributed by atoms with Gasteiger partial charge in [-0.25, -0.2) is 0 Å². The quantitative estimate of drug-likeness (QED) is 0.360. The minimum absolute atomic E-state index is 0.179. The first-order valence-electron chi connectivity index (χ1n) is 11.4. The lowest BCUT2D eigenvalue weighted by molar-refractivity contribution is -0.135. The van der Waals surface area contributed by atoms with Gasteiger partial charge < -0.3 is 9.64 Å². The van der Waals surface area contributed by atoms with Gasteiger partial charge in [0.25, 0.3) is 11.1 Å². The average Bonchev–Trinajstić information content (AvgIpc) is 3.49. The summed E-state index contributed by atoms with van der Waals surface area (Å²) in [4.78, 5) is 40.7. The van der Waals surface area contributed by atoms with Crippen LogP contribution in [0, 0.1) is 0 Å². The molecule has 2 saturated heterocycles. The van der Waals surface area contributed by atoms with Crippen molar-refractivity contribution in [1.29, 1.82) is 0 Å². The number of halogens is 1. The monoisotopic (exact) mass is 550 g/mol. The zero-order valence-corrected chi connectivity index (χ0v) is 21.3. The van der Waals surface area contributed by atoms with Gasteiger partial charge in [0.2, 0.25) is 5.91 Å². The average molecular weight is 551 g/mol. The Labute approximate surface area is 216 Å². The number of fused-ring (bicyclic) bond motifs is 1. The normalized spacial score (nSPS) is 17.1. The molecule has 2 aliphatic heterocycles. The zero-order valence-electron chi connectivity index (χ0n) is 18.9. The highest BCUT2D eigenvalue weighted by Crippen LogP contribution is 2.34. The summed E-state index contributed by atoms with van der Waals surface area (Å²) in [6.45, 7) is 1.59. The maximum atomic E-state index is 12.8. The molecule has 0 bridgehead atoms. The van der Waals surface area contributed by atoms with E-state index in [0.717, 1.165) is 50.5 Å². The number of benzene rings is 3. The maximum Gasteiger partial charge on any atom is 0.294 e. The topological polar surface area (TPSA) is 66.9 Å². The molecule has 0 unspecified atom stereocenters. The number of thioether (sulfide) groups is 1. The van der Waals surface area contributed by atoms with Crippen LogP contribution in [0.25, 0.3) is 16.8 Å². The number of carbonyl (C=O) groups excluding carboxylic acids is 3. The van der Waals surface area contributed by atoms with Crippen molar-refractivity contribution in [2.45, 2.75) is 19.4 Å². The smallest absolute Gasteiger partial charge is 0.294 e. The van der Waals surface area contributed by atoms with Crippen LogP contribution in [-0.4, -0.2) is 46.5 Å². The van der Waals surface area contributed by atoms with Crippen LogP contribution in [-0.2, 0) is 16.2 Å². The molecule has 178 valence electrons. The minimum Gasteiger partial charge on any atom is -0.488 e. The lowest BCUT2D eigenvalue weighted by atomic mass is 10.1. The molecular formula is C27H23BrN2O4S. The van der Waals surface area contributed by atoms with Crippen LogP contribution < -0.4 is 4.74 Å².